The number of aliphatic hydroxyl groups excluding tert-OH is 1. The van der Waals surface area contributed by atoms with Crippen molar-refractivity contribution in [1.82, 2.24) is 15.5 Å². The molecule has 1 aliphatic heterocycles. The first-order chi connectivity index (χ1) is 11.6. The van der Waals surface area contributed by atoms with E-state index in [2.05, 4.69) is 10.6 Å². The van der Waals surface area contributed by atoms with Gasteiger partial charge < -0.3 is 25.4 Å². The van der Waals surface area contributed by atoms with E-state index in [4.69, 9.17) is 9.84 Å². The van der Waals surface area contributed by atoms with Crippen LogP contribution < -0.4 is 10.6 Å². The second-order valence-corrected chi connectivity index (χ2v) is 5.77. The number of hydrogen-bond acceptors (Lipinski definition) is 4. The van der Waals surface area contributed by atoms with Gasteiger partial charge in [-0.15, -0.1) is 0 Å². The van der Waals surface area contributed by atoms with Crippen LogP contribution in [0.25, 0.3) is 0 Å². The molecule has 1 aliphatic rings. The molecule has 0 bridgehead atoms. The third-order valence-corrected chi connectivity index (χ3v) is 4.01. The molecule has 2 rings (SSSR count). The van der Waals surface area contributed by atoms with Crippen LogP contribution in [0, 0.1) is 0 Å². The average Bonchev–Trinajstić information content (AvgIpc) is 2.95. The lowest BCUT2D eigenvalue weighted by atomic mass is 10.1. The van der Waals surface area contributed by atoms with Gasteiger partial charge in [-0.25, -0.2) is 4.79 Å². The first-order valence-electron chi connectivity index (χ1n) is 8.19. The minimum atomic E-state index is -0.311. The van der Waals surface area contributed by atoms with Gasteiger partial charge in [-0.2, -0.15) is 0 Å². The number of nitrogens with zero attached hydrogens (tertiary/aromatic N) is 1. The Balaban J connectivity index is 1.76. The van der Waals surface area contributed by atoms with Crippen LogP contribution in [0.15, 0.2) is 30.3 Å². The molecule has 0 aromatic heterocycles. The van der Waals surface area contributed by atoms with Gasteiger partial charge in [0.1, 0.15) is 0 Å². The number of amides is 3. The fourth-order valence-corrected chi connectivity index (χ4v) is 2.75. The number of benzene rings is 1. The Morgan fingerprint density at radius 2 is 2.12 bits per heavy atom. The minimum absolute atomic E-state index is 0.0135. The number of carbonyl (C=O) groups is 2. The molecule has 1 aromatic carbocycles. The van der Waals surface area contributed by atoms with Crippen LogP contribution in [0.1, 0.15) is 24.9 Å². The van der Waals surface area contributed by atoms with Crippen molar-refractivity contribution in [2.45, 2.75) is 25.4 Å². The highest BCUT2D eigenvalue weighted by atomic mass is 16.5. The average molecular weight is 335 g/mol. The first-order valence-corrected chi connectivity index (χ1v) is 8.19. The maximum absolute atomic E-state index is 12.2. The molecule has 2 atom stereocenters. The smallest absolute Gasteiger partial charge is 0.315 e. The van der Waals surface area contributed by atoms with Crippen molar-refractivity contribution in [3.63, 3.8) is 0 Å². The molecule has 3 N–H and O–H groups in total. The molecule has 1 saturated heterocycles. The van der Waals surface area contributed by atoms with Crippen molar-refractivity contribution in [3.05, 3.63) is 35.9 Å². The van der Waals surface area contributed by atoms with Gasteiger partial charge in [-0.1, -0.05) is 30.3 Å². The molecule has 1 fully saturated rings. The van der Waals surface area contributed by atoms with Crippen LogP contribution in [0.4, 0.5) is 4.79 Å². The highest BCUT2D eigenvalue weighted by Gasteiger charge is 2.33. The van der Waals surface area contributed by atoms with E-state index in [1.165, 1.54) is 0 Å². The molecule has 0 radical (unpaired) electrons. The molecule has 7 nitrogen and oxygen atoms in total. The third-order valence-electron chi connectivity index (χ3n) is 4.01. The molecule has 0 saturated carbocycles. The molecule has 1 aromatic rings. The Morgan fingerprint density at radius 3 is 2.83 bits per heavy atom. The molecule has 0 spiro atoms. The number of rotatable bonds is 8. The van der Waals surface area contributed by atoms with Crippen molar-refractivity contribution in [3.8, 4) is 0 Å². The van der Waals surface area contributed by atoms with E-state index < -0.39 is 0 Å². The minimum Gasteiger partial charge on any atom is -0.394 e. The van der Waals surface area contributed by atoms with Gasteiger partial charge in [0.2, 0.25) is 5.91 Å². The normalized spacial score (nSPS) is 18.5. The summed E-state index contributed by atoms with van der Waals surface area (Å²) >= 11 is 0. The number of urea groups is 1. The zero-order valence-corrected chi connectivity index (χ0v) is 13.9. The van der Waals surface area contributed by atoms with E-state index in [1.54, 1.807) is 4.90 Å². The van der Waals surface area contributed by atoms with Crippen LogP contribution in [0.5, 0.6) is 0 Å². The number of aliphatic hydroxyl groups is 1. The molecular weight excluding hydrogens is 310 g/mol. The highest BCUT2D eigenvalue weighted by Crippen LogP contribution is 2.25. The maximum atomic E-state index is 12.2. The fourth-order valence-electron chi connectivity index (χ4n) is 2.75. The highest BCUT2D eigenvalue weighted by molar-refractivity contribution is 5.82. The van der Waals surface area contributed by atoms with E-state index in [0.29, 0.717) is 26.1 Å². The summed E-state index contributed by atoms with van der Waals surface area (Å²) in [6, 6.07) is 9.33. The fraction of sp³-hybridized carbons (Fsp3) is 0.529. The number of ether oxygens (including phenoxy) is 1. The lowest BCUT2D eigenvalue weighted by Crippen LogP contribution is -2.44. The lowest BCUT2D eigenvalue weighted by molar-refractivity contribution is -0.129. The van der Waals surface area contributed by atoms with Crippen LogP contribution in [0.3, 0.4) is 0 Å². The van der Waals surface area contributed by atoms with Gasteiger partial charge in [0, 0.05) is 19.5 Å². The van der Waals surface area contributed by atoms with Crippen LogP contribution >= 0.6 is 0 Å². The van der Waals surface area contributed by atoms with Crippen LogP contribution in [0.2, 0.25) is 0 Å². The standard InChI is InChI=1S/C17H25N3O4/c1-13(14-5-3-2-4-6-14)20-12-15(11-16(20)22)19-17(23)18-7-9-24-10-8-21/h2-6,13,15,21H,7-12H2,1H3,(H2,18,19,23). The van der Waals surface area contributed by atoms with Gasteiger partial charge >= 0.3 is 6.03 Å². The Kier molecular flexibility index (Phi) is 7.02. The van der Waals surface area contributed by atoms with Gasteiger partial charge in [-0.05, 0) is 12.5 Å². The number of likely N-dealkylation sites (tertiary alicyclic amines) is 1. The van der Waals surface area contributed by atoms with Gasteiger partial charge in [0.05, 0.1) is 31.9 Å². The topological polar surface area (TPSA) is 90.9 Å². The quantitative estimate of drug-likeness (QED) is 0.609. The van der Waals surface area contributed by atoms with Gasteiger partial charge in [0.15, 0.2) is 0 Å². The van der Waals surface area contributed by atoms with E-state index in [9.17, 15) is 9.59 Å². The summed E-state index contributed by atoms with van der Waals surface area (Å²) in [6.45, 7) is 3.42. The van der Waals surface area contributed by atoms with Crippen molar-refractivity contribution in [2.24, 2.45) is 0 Å². The van der Waals surface area contributed by atoms with Crippen molar-refractivity contribution in [2.75, 3.05) is 32.9 Å². The molecule has 7 heteroatoms. The zero-order valence-electron chi connectivity index (χ0n) is 13.9. The summed E-state index contributed by atoms with van der Waals surface area (Å²) in [5.41, 5.74) is 1.08. The van der Waals surface area contributed by atoms with Gasteiger partial charge in [0.25, 0.3) is 0 Å². The summed E-state index contributed by atoms with van der Waals surface area (Å²) in [7, 11) is 0. The van der Waals surface area contributed by atoms with E-state index >= 15 is 0 Å². The van der Waals surface area contributed by atoms with E-state index in [0.717, 1.165) is 5.56 Å². The van der Waals surface area contributed by atoms with E-state index in [-0.39, 0.29) is 37.2 Å². The third kappa shape index (κ3) is 5.21. The molecule has 3 amide bonds. The van der Waals surface area contributed by atoms with E-state index in [1.807, 2.05) is 37.3 Å². The predicted octanol–water partition coefficient (Wildman–Crippen LogP) is 0.657. The lowest BCUT2D eigenvalue weighted by Gasteiger charge is -2.25. The van der Waals surface area contributed by atoms with Crippen molar-refractivity contribution >= 4 is 11.9 Å². The number of nitrogens with one attached hydrogen (secondary N) is 2. The summed E-state index contributed by atoms with van der Waals surface area (Å²) < 4.78 is 5.06. The Labute approximate surface area is 142 Å². The SMILES string of the molecule is CC(c1ccccc1)N1CC(NC(=O)NCCOCCO)CC1=O. The molecule has 2 unspecified atom stereocenters. The summed E-state index contributed by atoms with van der Waals surface area (Å²) in [6.07, 6.45) is 0.311. The molecule has 1 heterocycles. The summed E-state index contributed by atoms with van der Waals surface area (Å²) in [5.74, 6) is 0.0444. The number of hydrogen-bond donors (Lipinski definition) is 3. The monoisotopic (exact) mass is 335 g/mol. The molecular formula is C17H25N3O4. The largest absolute Gasteiger partial charge is 0.394 e. The van der Waals surface area contributed by atoms with Crippen molar-refractivity contribution < 1.29 is 19.4 Å². The number of carbonyl (C=O) groups excluding carboxylic acids is 2. The first kappa shape index (κ1) is 18.2. The van der Waals surface area contributed by atoms with Crippen LogP contribution in [-0.2, 0) is 9.53 Å². The molecule has 24 heavy (non-hydrogen) atoms. The van der Waals surface area contributed by atoms with Crippen molar-refractivity contribution in [1.29, 1.82) is 0 Å². The van der Waals surface area contributed by atoms with Gasteiger partial charge in [-0.3, -0.25) is 4.79 Å². The summed E-state index contributed by atoms with van der Waals surface area (Å²) in [4.78, 5) is 25.8. The zero-order chi connectivity index (χ0) is 17.4. The van der Waals surface area contributed by atoms with Crippen LogP contribution in [-0.4, -0.2) is 60.9 Å². The molecule has 132 valence electrons. The Hall–Kier alpha value is -2.12. The maximum Gasteiger partial charge on any atom is 0.315 e. The Bertz CT molecular complexity index is 538. The second-order valence-electron chi connectivity index (χ2n) is 5.77. The summed E-state index contributed by atoms with van der Waals surface area (Å²) in [5, 5.41) is 14.1. The molecule has 0 aliphatic carbocycles. The Morgan fingerprint density at radius 1 is 1.38 bits per heavy atom. The predicted molar refractivity (Wildman–Crippen MR) is 89.4 cm³/mol. The second kappa shape index (κ2) is 9.24.